The van der Waals surface area contributed by atoms with Crippen molar-refractivity contribution in [3.8, 4) is 0 Å². The minimum absolute atomic E-state index is 0.0469. The standard InChI is InChI=1S/C21H33N3O3.CH2O2/c1-2-11-27-20-4-3-17(14-19(20)24-18-7-12-26-13-8-18)21(25)23-15-16-5-9-22-10-6-16;2-1-3/h5-6,9-10,17-20,24H,2-4,7-8,11-15H2,1H3,(H,23,25);1H,(H,2,3)/t17-,19+,20+;/m0./s1. The Morgan fingerprint density at radius 1 is 1.27 bits per heavy atom. The van der Waals surface area contributed by atoms with Crippen molar-refractivity contribution in [3.05, 3.63) is 30.1 Å². The summed E-state index contributed by atoms with van der Waals surface area (Å²) in [6.45, 7) is 4.88. The molecule has 2 heterocycles. The topological polar surface area (TPSA) is 110 Å². The third-order valence-corrected chi connectivity index (χ3v) is 5.58. The van der Waals surface area contributed by atoms with Gasteiger partial charge in [0.2, 0.25) is 5.91 Å². The third-order valence-electron chi connectivity index (χ3n) is 5.58. The molecule has 1 aliphatic heterocycles. The molecule has 1 aromatic heterocycles. The van der Waals surface area contributed by atoms with Gasteiger partial charge in [-0.25, -0.2) is 0 Å². The molecule has 1 saturated heterocycles. The molecule has 3 rings (SSSR count). The van der Waals surface area contributed by atoms with E-state index in [1.807, 2.05) is 12.1 Å². The Morgan fingerprint density at radius 3 is 2.63 bits per heavy atom. The lowest BCUT2D eigenvalue weighted by Gasteiger charge is -2.39. The van der Waals surface area contributed by atoms with Crippen LogP contribution in [0.3, 0.4) is 0 Å². The lowest BCUT2D eigenvalue weighted by molar-refractivity contribution is -0.128. The van der Waals surface area contributed by atoms with E-state index in [4.69, 9.17) is 19.4 Å². The molecule has 1 aromatic rings. The zero-order chi connectivity index (χ0) is 21.6. The average molecular weight is 422 g/mol. The van der Waals surface area contributed by atoms with Crippen LogP contribution in [0.1, 0.15) is 51.0 Å². The summed E-state index contributed by atoms with van der Waals surface area (Å²) < 4.78 is 11.6. The van der Waals surface area contributed by atoms with Crippen molar-refractivity contribution in [3.63, 3.8) is 0 Å². The van der Waals surface area contributed by atoms with Crippen LogP contribution in [0.15, 0.2) is 24.5 Å². The molecule has 168 valence electrons. The van der Waals surface area contributed by atoms with Crippen LogP contribution in [0.4, 0.5) is 0 Å². The number of carboxylic acid groups (broad SMARTS) is 1. The molecule has 3 atom stereocenters. The van der Waals surface area contributed by atoms with Crippen LogP contribution in [0, 0.1) is 5.92 Å². The molecule has 2 fully saturated rings. The van der Waals surface area contributed by atoms with Crippen LogP contribution in [-0.4, -0.2) is 60.5 Å². The summed E-state index contributed by atoms with van der Waals surface area (Å²) in [5, 5.41) is 13.8. The van der Waals surface area contributed by atoms with Crippen molar-refractivity contribution in [2.45, 2.75) is 70.2 Å². The highest BCUT2D eigenvalue weighted by Crippen LogP contribution is 2.28. The number of amides is 1. The fourth-order valence-electron chi connectivity index (χ4n) is 4.03. The van der Waals surface area contributed by atoms with E-state index in [1.54, 1.807) is 12.4 Å². The number of nitrogens with one attached hydrogen (secondary N) is 2. The van der Waals surface area contributed by atoms with Crippen molar-refractivity contribution in [1.82, 2.24) is 15.6 Å². The summed E-state index contributed by atoms with van der Waals surface area (Å²) in [5.74, 6) is 0.199. The van der Waals surface area contributed by atoms with Gasteiger partial charge in [0.25, 0.3) is 6.47 Å². The van der Waals surface area contributed by atoms with Gasteiger partial charge < -0.3 is 25.2 Å². The molecule has 0 unspecified atom stereocenters. The summed E-state index contributed by atoms with van der Waals surface area (Å²) >= 11 is 0. The van der Waals surface area contributed by atoms with Crippen molar-refractivity contribution in [1.29, 1.82) is 0 Å². The number of carbonyl (C=O) groups excluding carboxylic acids is 1. The molecule has 8 heteroatoms. The Kier molecular flexibility index (Phi) is 11.4. The summed E-state index contributed by atoms with van der Waals surface area (Å²) in [6, 6.07) is 4.58. The van der Waals surface area contributed by atoms with Crippen LogP contribution in [0.25, 0.3) is 0 Å². The van der Waals surface area contributed by atoms with Gasteiger partial charge in [-0.3, -0.25) is 14.6 Å². The minimum Gasteiger partial charge on any atom is -0.483 e. The fraction of sp³-hybridized carbons (Fsp3) is 0.682. The molecule has 1 aliphatic carbocycles. The van der Waals surface area contributed by atoms with Gasteiger partial charge in [-0.05, 0) is 56.2 Å². The van der Waals surface area contributed by atoms with E-state index < -0.39 is 0 Å². The molecule has 30 heavy (non-hydrogen) atoms. The predicted molar refractivity (Wildman–Crippen MR) is 113 cm³/mol. The van der Waals surface area contributed by atoms with Gasteiger partial charge in [-0.1, -0.05) is 6.92 Å². The Morgan fingerprint density at radius 2 is 1.97 bits per heavy atom. The van der Waals surface area contributed by atoms with Gasteiger partial charge in [0.15, 0.2) is 0 Å². The highest BCUT2D eigenvalue weighted by molar-refractivity contribution is 5.78. The van der Waals surface area contributed by atoms with Crippen LogP contribution in [-0.2, 0) is 25.6 Å². The molecule has 0 spiro atoms. The number of rotatable bonds is 8. The van der Waals surface area contributed by atoms with Crippen molar-refractivity contribution in [2.75, 3.05) is 19.8 Å². The van der Waals surface area contributed by atoms with Gasteiger partial charge >= 0.3 is 0 Å². The Labute approximate surface area is 178 Å². The van der Waals surface area contributed by atoms with E-state index in [1.165, 1.54) is 0 Å². The number of carbonyl (C=O) groups is 2. The second kappa shape index (κ2) is 14.1. The first-order chi connectivity index (χ1) is 14.7. The normalized spacial score (nSPS) is 24.4. The van der Waals surface area contributed by atoms with Crippen LogP contribution in [0.2, 0.25) is 0 Å². The Balaban J connectivity index is 0.00000101. The number of ether oxygens (including phenoxy) is 2. The number of hydrogen-bond acceptors (Lipinski definition) is 6. The first kappa shape index (κ1) is 24.2. The van der Waals surface area contributed by atoms with Gasteiger partial charge in [0, 0.05) is 56.8 Å². The molecular weight excluding hydrogens is 386 g/mol. The molecule has 1 saturated carbocycles. The van der Waals surface area contributed by atoms with Crippen molar-refractivity contribution < 1.29 is 24.2 Å². The smallest absolute Gasteiger partial charge is 0.290 e. The van der Waals surface area contributed by atoms with Crippen molar-refractivity contribution in [2.24, 2.45) is 5.92 Å². The van der Waals surface area contributed by atoms with Gasteiger partial charge in [-0.15, -0.1) is 0 Å². The van der Waals surface area contributed by atoms with Crippen LogP contribution >= 0.6 is 0 Å². The summed E-state index contributed by atoms with van der Waals surface area (Å²) in [5.41, 5.74) is 1.08. The number of nitrogens with zero attached hydrogens (tertiary/aromatic N) is 1. The number of aromatic nitrogens is 1. The summed E-state index contributed by atoms with van der Waals surface area (Å²) in [7, 11) is 0. The van der Waals surface area contributed by atoms with E-state index in [-0.39, 0.29) is 30.4 Å². The molecule has 8 nitrogen and oxygen atoms in total. The second-order valence-corrected chi connectivity index (χ2v) is 7.76. The highest BCUT2D eigenvalue weighted by atomic mass is 16.5. The first-order valence-electron chi connectivity index (χ1n) is 10.9. The maximum atomic E-state index is 12.7. The number of pyridine rings is 1. The van der Waals surface area contributed by atoms with Gasteiger partial charge in [-0.2, -0.15) is 0 Å². The maximum absolute atomic E-state index is 12.7. The molecule has 0 aromatic carbocycles. The first-order valence-corrected chi connectivity index (χ1v) is 10.9. The molecule has 3 N–H and O–H groups in total. The van der Waals surface area contributed by atoms with Crippen LogP contribution in [0.5, 0.6) is 0 Å². The fourth-order valence-corrected chi connectivity index (χ4v) is 4.03. The number of hydrogen-bond donors (Lipinski definition) is 3. The highest BCUT2D eigenvalue weighted by Gasteiger charge is 2.35. The zero-order valence-electron chi connectivity index (χ0n) is 17.8. The van der Waals surface area contributed by atoms with E-state index in [2.05, 4.69) is 22.5 Å². The Bertz CT molecular complexity index is 610. The third kappa shape index (κ3) is 8.38. The van der Waals surface area contributed by atoms with E-state index in [0.29, 0.717) is 12.6 Å². The largest absolute Gasteiger partial charge is 0.483 e. The predicted octanol–water partition coefficient (Wildman–Crippen LogP) is 2.13. The van der Waals surface area contributed by atoms with E-state index in [9.17, 15) is 4.79 Å². The molecule has 0 radical (unpaired) electrons. The molecule has 0 bridgehead atoms. The quantitative estimate of drug-likeness (QED) is 0.552. The second-order valence-electron chi connectivity index (χ2n) is 7.76. The summed E-state index contributed by atoms with van der Waals surface area (Å²) in [6.07, 6.45) is 9.49. The molecular formula is C22H35N3O5. The SMILES string of the molecule is CCCO[C@@H]1CC[C@H](C(=O)NCc2ccncc2)C[C@H]1NC1CCOCC1.O=CO. The summed E-state index contributed by atoms with van der Waals surface area (Å²) in [4.78, 5) is 25.1. The van der Waals surface area contributed by atoms with E-state index >= 15 is 0 Å². The molecule has 2 aliphatic rings. The molecule has 1 amide bonds. The zero-order valence-corrected chi connectivity index (χ0v) is 17.8. The minimum atomic E-state index is -0.250. The van der Waals surface area contributed by atoms with Crippen molar-refractivity contribution >= 4 is 12.4 Å². The average Bonchev–Trinajstić information content (AvgIpc) is 2.78. The Hall–Kier alpha value is -2.03. The maximum Gasteiger partial charge on any atom is 0.290 e. The monoisotopic (exact) mass is 421 g/mol. The lowest BCUT2D eigenvalue weighted by Crippen LogP contribution is -2.52. The van der Waals surface area contributed by atoms with Gasteiger partial charge in [0.05, 0.1) is 6.10 Å². The van der Waals surface area contributed by atoms with E-state index in [0.717, 1.165) is 63.9 Å². The lowest BCUT2D eigenvalue weighted by atomic mass is 9.82. The van der Waals surface area contributed by atoms with Crippen LogP contribution < -0.4 is 10.6 Å². The van der Waals surface area contributed by atoms with Gasteiger partial charge in [0.1, 0.15) is 0 Å².